The number of piperazine rings is 1. The van der Waals surface area contributed by atoms with Crippen molar-refractivity contribution < 1.29 is 31.1 Å². The number of carbonyl (C=O) groups is 1. The molecule has 1 aromatic rings. The van der Waals surface area contributed by atoms with Crippen molar-refractivity contribution in [3.8, 4) is 0 Å². The molecule has 0 aromatic heterocycles. The normalized spacial score (nSPS) is 22.2. The van der Waals surface area contributed by atoms with Crippen molar-refractivity contribution in [1.82, 2.24) is 9.21 Å². The van der Waals surface area contributed by atoms with Gasteiger partial charge in [-0.1, -0.05) is 11.6 Å². The van der Waals surface area contributed by atoms with E-state index in [0.717, 1.165) is 22.9 Å². The van der Waals surface area contributed by atoms with E-state index in [9.17, 15) is 26.4 Å². The van der Waals surface area contributed by atoms with Gasteiger partial charge in [0.05, 0.1) is 15.5 Å². The fraction of sp³-hybridized carbons (Fsp3) is 0.562. The van der Waals surface area contributed by atoms with Crippen LogP contribution in [-0.4, -0.2) is 62.4 Å². The molecule has 0 bridgehead atoms. The van der Waals surface area contributed by atoms with E-state index in [1.54, 1.807) is 0 Å². The lowest BCUT2D eigenvalue weighted by molar-refractivity contribution is -0.142. The van der Waals surface area contributed by atoms with Gasteiger partial charge in [-0.3, -0.25) is 4.79 Å². The second kappa shape index (κ2) is 7.57. The van der Waals surface area contributed by atoms with Crippen molar-refractivity contribution in [3.63, 3.8) is 0 Å². The van der Waals surface area contributed by atoms with Gasteiger partial charge in [-0.25, -0.2) is 8.42 Å². The third-order valence-corrected chi connectivity index (χ3v) is 6.86. The van der Waals surface area contributed by atoms with Gasteiger partial charge in [0.25, 0.3) is 5.91 Å². The predicted octanol–water partition coefficient (Wildman–Crippen LogP) is 2.37. The zero-order valence-corrected chi connectivity index (χ0v) is 15.8. The van der Waals surface area contributed by atoms with Crippen molar-refractivity contribution >= 4 is 27.5 Å². The van der Waals surface area contributed by atoms with Crippen LogP contribution >= 0.6 is 11.6 Å². The number of sulfonamides is 1. The van der Waals surface area contributed by atoms with Gasteiger partial charge < -0.3 is 9.64 Å². The first-order valence-corrected chi connectivity index (χ1v) is 10.2. The number of halogens is 4. The van der Waals surface area contributed by atoms with E-state index in [4.69, 9.17) is 16.3 Å². The Morgan fingerprint density at radius 3 is 2.41 bits per heavy atom. The highest BCUT2D eigenvalue weighted by Gasteiger charge is 2.37. The minimum atomic E-state index is -4.75. The quantitative estimate of drug-likeness (QED) is 0.744. The molecule has 1 aromatic carbocycles. The number of benzene rings is 1. The summed E-state index contributed by atoms with van der Waals surface area (Å²) in [6.07, 6.45) is -3.79. The van der Waals surface area contributed by atoms with Crippen LogP contribution in [0.1, 0.15) is 18.4 Å². The molecule has 0 N–H and O–H groups in total. The molecular formula is C16H18ClF3N2O4S. The van der Waals surface area contributed by atoms with E-state index >= 15 is 0 Å². The van der Waals surface area contributed by atoms with E-state index in [2.05, 4.69) is 0 Å². The average molecular weight is 427 g/mol. The van der Waals surface area contributed by atoms with Crippen LogP contribution in [0.15, 0.2) is 23.1 Å². The standard InChI is InChI=1S/C16H18ClF3N2O4S/c17-13-4-3-11(10-12(13)16(18,19)20)27(24,25)22-7-5-21(6-8-22)15(23)14-2-1-9-26-14/h3-4,10,14H,1-2,5-9H2/t14-/m0/s1. The molecule has 0 aliphatic carbocycles. The van der Waals surface area contributed by atoms with Gasteiger partial charge in [-0.05, 0) is 31.0 Å². The van der Waals surface area contributed by atoms with Crippen molar-refractivity contribution in [3.05, 3.63) is 28.8 Å². The Morgan fingerprint density at radius 1 is 1.19 bits per heavy atom. The maximum Gasteiger partial charge on any atom is 0.417 e. The topological polar surface area (TPSA) is 66.9 Å². The molecule has 1 amide bonds. The Kier molecular flexibility index (Phi) is 5.72. The molecule has 2 heterocycles. The van der Waals surface area contributed by atoms with Crippen LogP contribution in [0.2, 0.25) is 5.02 Å². The van der Waals surface area contributed by atoms with Crippen LogP contribution in [0.3, 0.4) is 0 Å². The molecule has 2 fully saturated rings. The number of hydrogen-bond acceptors (Lipinski definition) is 4. The summed E-state index contributed by atoms with van der Waals surface area (Å²) >= 11 is 5.55. The van der Waals surface area contributed by atoms with Gasteiger partial charge in [0, 0.05) is 32.8 Å². The van der Waals surface area contributed by atoms with E-state index in [1.165, 1.54) is 4.90 Å². The number of amides is 1. The fourth-order valence-electron chi connectivity index (χ4n) is 3.16. The molecule has 6 nitrogen and oxygen atoms in total. The Balaban J connectivity index is 1.73. The van der Waals surface area contributed by atoms with E-state index in [1.807, 2.05) is 0 Å². The highest BCUT2D eigenvalue weighted by atomic mass is 35.5. The highest BCUT2D eigenvalue weighted by molar-refractivity contribution is 7.89. The molecule has 1 atom stereocenters. The molecule has 11 heteroatoms. The van der Waals surface area contributed by atoms with Crippen LogP contribution in [0.4, 0.5) is 13.2 Å². The second-order valence-corrected chi connectivity index (χ2v) is 8.72. The molecule has 2 aliphatic heterocycles. The summed E-state index contributed by atoms with van der Waals surface area (Å²) in [5, 5.41) is -0.562. The molecule has 2 saturated heterocycles. The lowest BCUT2D eigenvalue weighted by atomic mass is 10.2. The third-order valence-electron chi connectivity index (χ3n) is 4.64. The molecule has 0 spiro atoms. The summed E-state index contributed by atoms with van der Waals surface area (Å²) in [7, 11) is -4.12. The Hall–Kier alpha value is -1.36. The third kappa shape index (κ3) is 4.23. The van der Waals surface area contributed by atoms with Crippen LogP contribution < -0.4 is 0 Å². The van der Waals surface area contributed by atoms with Crippen molar-refractivity contribution in [1.29, 1.82) is 0 Å². The van der Waals surface area contributed by atoms with E-state index in [0.29, 0.717) is 19.1 Å². The monoisotopic (exact) mass is 426 g/mol. The number of alkyl halides is 3. The molecule has 0 saturated carbocycles. The Morgan fingerprint density at radius 2 is 1.85 bits per heavy atom. The number of hydrogen-bond donors (Lipinski definition) is 0. The molecule has 27 heavy (non-hydrogen) atoms. The SMILES string of the molecule is O=C([C@@H]1CCCO1)N1CCN(S(=O)(=O)c2ccc(Cl)c(C(F)(F)F)c2)CC1. The zero-order chi connectivity index (χ0) is 19.8. The number of nitrogens with zero attached hydrogens (tertiary/aromatic N) is 2. The molecular weight excluding hydrogens is 409 g/mol. The van der Waals surface area contributed by atoms with Crippen molar-refractivity contribution in [2.24, 2.45) is 0 Å². The number of carbonyl (C=O) groups excluding carboxylic acids is 1. The Labute approximate surface area is 159 Å². The van der Waals surface area contributed by atoms with Crippen molar-refractivity contribution in [2.45, 2.75) is 30.0 Å². The molecule has 150 valence electrons. The van der Waals surface area contributed by atoms with Gasteiger partial charge in [0.2, 0.25) is 10.0 Å². The Bertz CT molecular complexity index is 817. The summed E-state index contributed by atoms with van der Waals surface area (Å²) < 4.78 is 70.8. The van der Waals surface area contributed by atoms with Crippen LogP contribution in [0.25, 0.3) is 0 Å². The summed E-state index contributed by atoms with van der Waals surface area (Å²) in [6, 6.07) is 2.52. The predicted molar refractivity (Wildman–Crippen MR) is 90.8 cm³/mol. The number of ether oxygens (including phenoxy) is 1. The van der Waals surface area contributed by atoms with Crippen molar-refractivity contribution in [2.75, 3.05) is 32.8 Å². The van der Waals surface area contributed by atoms with Gasteiger partial charge in [0.1, 0.15) is 6.10 Å². The minimum absolute atomic E-state index is 0.00473. The first kappa shape index (κ1) is 20.4. The zero-order valence-electron chi connectivity index (χ0n) is 14.2. The van der Waals surface area contributed by atoms with Gasteiger partial charge in [-0.15, -0.1) is 0 Å². The summed E-state index contributed by atoms with van der Waals surface area (Å²) in [4.78, 5) is 13.4. The molecule has 2 aliphatic rings. The van der Waals surface area contributed by atoms with Crippen LogP contribution in [-0.2, 0) is 25.7 Å². The molecule has 3 rings (SSSR count). The van der Waals surface area contributed by atoms with Gasteiger partial charge in [-0.2, -0.15) is 17.5 Å². The van der Waals surface area contributed by atoms with Gasteiger partial charge >= 0.3 is 6.18 Å². The molecule has 0 radical (unpaired) electrons. The van der Waals surface area contributed by atoms with E-state index in [-0.39, 0.29) is 32.1 Å². The maximum absolute atomic E-state index is 13.0. The van der Waals surface area contributed by atoms with Crippen LogP contribution in [0.5, 0.6) is 0 Å². The lowest BCUT2D eigenvalue weighted by Gasteiger charge is -2.35. The summed E-state index contributed by atoms with van der Waals surface area (Å²) in [5.41, 5.74) is -1.20. The summed E-state index contributed by atoms with van der Waals surface area (Å²) in [5.74, 6) is -0.171. The fourth-order valence-corrected chi connectivity index (χ4v) is 4.83. The molecule has 0 unspecified atom stereocenters. The largest absolute Gasteiger partial charge is 0.417 e. The first-order valence-electron chi connectivity index (χ1n) is 8.38. The van der Waals surface area contributed by atoms with Crippen LogP contribution in [0, 0.1) is 0 Å². The first-order chi connectivity index (χ1) is 12.6. The van der Waals surface area contributed by atoms with Gasteiger partial charge in [0.15, 0.2) is 0 Å². The smallest absolute Gasteiger partial charge is 0.368 e. The maximum atomic E-state index is 13.0. The number of rotatable bonds is 3. The minimum Gasteiger partial charge on any atom is -0.368 e. The van der Waals surface area contributed by atoms with E-state index < -0.39 is 37.8 Å². The summed E-state index contributed by atoms with van der Waals surface area (Å²) in [6.45, 7) is 0.869. The lowest BCUT2D eigenvalue weighted by Crippen LogP contribution is -2.52. The highest BCUT2D eigenvalue weighted by Crippen LogP contribution is 2.36. The average Bonchev–Trinajstić information content (AvgIpc) is 3.15. The second-order valence-electron chi connectivity index (χ2n) is 6.37.